The van der Waals surface area contributed by atoms with Crippen molar-refractivity contribution in [2.24, 2.45) is 0 Å². The standard InChI is InChI=1S/C18H21N3O3S/c1-24-16-6-3-2-5-14(16)19-18(23)21-10-8-20(9-11-21)13-15(22)17-7-4-12-25-17/h2-7,12H,8-11,13H2,1H3,(H,19,23). The molecule has 1 aliphatic rings. The third-order valence-corrected chi connectivity index (χ3v) is 5.08. The van der Waals surface area contributed by atoms with Gasteiger partial charge in [-0.05, 0) is 23.6 Å². The van der Waals surface area contributed by atoms with Crippen LogP contribution in [0.2, 0.25) is 0 Å². The van der Waals surface area contributed by atoms with E-state index in [4.69, 9.17) is 4.74 Å². The van der Waals surface area contributed by atoms with Gasteiger partial charge in [0.15, 0.2) is 5.78 Å². The summed E-state index contributed by atoms with van der Waals surface area (Å²) >= 11 is 1.47. The molecule has 2 aromatic rings. The smallest absolute Gasteiger partial charge is 0.322 e. The lowest BCUT2D eigenvalue weighted by Crippen LogP contribution is -2.51. The summed E-state index contributed by atoms with van der Waals surface area (Å²) in [5, 5.41) is 4.80. The number of nitrogens with zero attached hydrogens (tertiary/aromatic N) is 2. The van der Waals surface area contributed by atoms with Gasteiger partial charge in [0.05, 0.1) is 24.2 Å². The number of hydrogen-bond acceptors (Lipinski definition) is 5. The molecule has 0 unspecified atom stereocenters. The number of carbonyl (C=O) groups is 2. The summed E-state index contributed by atoms with van der Waals surface area (Å²) in [6.45, 7) is 2.98. The van der Waals surface area contributed by atoms with Crippen molar-refractivity contribution in [3.8, 4) is 5.75 Å². The van der Waals surface area contributed by atoms with Gasteiger partial charge in [0.25, 0.3) is 0 Å². The molecule has 1 saturated heterocycles. The molecule has 1 fully saturated rings. The van der Waals surface area contributed by atoms with E-state index in [1.807, 2.05) is 41.8 Å². The number of piperazine rings is 1. The number of ether oxygens (including phenoxy) is 1. The van der Waals surface area contributed by atoms with Gasteiger partial charge in [0, 0.05) is 26.2 Å². The molecule has 0 spiro atoms. The van der Waals surface area contributed by atoms with Gasteiger partial charge < -0.3 is 15.0 Å². The lowest BCUT2D eigenvalue weighted by Gasteiger charge is -2.34. The second-order valence-corrected chi connectivity index (χ2v) is 6.74. The van der Waals surface area contributed by atoms with E-state index in [9.17, 15) is 9.59 Å². The summed E-state index contributed by atoms with van der Waals surface area (Å²) in [5.41, 5.74) is 0.658. The largest absolute Gasteiger partial charge is 0.495 e. The number of urea groups is 1. The Balaban J connectivity index is 1.50. The van der Waals surface area contributed by atoms with Crippen LogP contribution in [0.5, 0.6) is 5.75 Å². The molecule has 25 heavy (non-hydrogen) atoms. The number of anilines is 1. The number of benzene rings is 1. The summed E-state index contributed by atoms with van der Waals surface area (Å²) < 4.78 is 5.25. The summed E-state index contributed by atoms with van der Waals surface area (Å²) in [7, 11) is 1.58. The Bertz CT molecular complexity index is 725. The summed E-state index contributed by atoms with van der Waals surface area (Å²) in [6.07, 6.45) is 0. The molecule has 0 aliphatic carbocycles. The van der Waals surface area contributed by atoms with E-state index in [2.05, 4.69) is 10.2 Å². The fourth-order valence-corrected chi connectivity index (χ4v) is 3.43. The molecule has 0 saturated carbocycles. The SMILES string of the molecule is COc1ccccc1NC(=O)N1CCN(CC(=O)c2cccs2)CC1. The maximum absolute atomic E-state index is 12.4. The third-order valence-electron chi connectivity index (χ3n) is 4.17. The van der Waals surface area contributed by atoms with Crippen LogP contribution in [-0.4, -0.2) is 61.4 Å². The molecule has 132 valence electrons. The molecule has 0 atom stereocenters. The van der Waals surface area contributed by atoms with Crippen LogP contribution in [0, 0.1) is 0 Å². The molecular formula is C18H21N3O3S. The summed E-state index contributed by atoms with van der Waals surface area (Å²) in [5.74, 6) is 0.776. The highest BCUT2D eigenvalue weighted by molar-refractivity contribution is 7.12. The van der Waals surface area contributed by atoms with E-state index < -0.39 is 0 Å². The average Bonchev–Trinajstić information content (AvgIpc) is 3.17. The molecular weight excluding hydrogens is 338 g/mol. The monoisotopic (exact) mass is 359 g/mol. The number of rotatable bonds is 5. The molecule has 0 bridgehead atoms. The number of hydrogen-bond donors (Lipinski definition) is 1. The number of thiophene rings is 1. The van der Waals surface area contributed by atoms with Crippen molar-refractivity contribution in [1.82, 2.24) is 9.80 Å². The Morgan fingerprint density at radius 1 is 1.12 bits per heavy atom. The number of para-hydroxylation sites is 2. The molecule has 2 heterocycles. The van der Waals surface area contributed by atoms with Crippen molar-refractivity contribution in [3.05, 3.63) is 46.7 Å². The Labute approximate surface area is 151 Å². The molecule has 1 aliphatic heterocycles. The highest BCUT2D eigenvalue weighted by Crippen LogP contribution is 2.23. The maximum atomic E-state index is 12.4. The number of nitrogens with one attached hydrogen (secondary N) is 1. The van der Waals surface area contributed by atoms with Crippen LogP contribution in [0.25, 0.3) is 0 Å². The van der Waals surface area contributed by atoms with Gasteiger partial charge in [0.1, 0.15) is 5.75 Å². The molecule has 1 N–H and O–H groups in total. The van der Waals surface area contributed by atoms with Crippen molar-refractivity contribution in [3.63, 3.8) is 0 Å². The zero-order chi connectivity index (χ0) is 17.6. The Kier molecular flexibility index (Phi) is 5.67. The average molecular weight is 359 g/mol. The Hall–Kier alpha value is -2.38. The van der Waals surface area contributed by atoms with Gasteiger partial charge in [-0.2, -0.15) is 0 Å². The molecule has 1 aromatic heterocycles. The third kappa shape index (κ3) is 4.37. The first kappa shape index (κ1) is 17.4. The van der Waals surface area contributed by atoms with Crippen molar-refractivity contribution in [2.75, 3.05) is 45.2 Å². The Morgan fingerprint density at radius 2 is 1.88 bits per heavy atom. The number of methoxy groups -OCH3 is 1. The number of amides is 2. The van der Waals surface area contributed by atoms with Crippen LogP contribution in [0.4, 0.5) is 10.5 Å². The first-order chi connectivity index (χ1) is 12.2. The molecule has 7 heteroatoms. The number of ketones is 1. The minimum absolute atomic E-state index is 0.141. The summed E-state index contributed by atoms with van der Waals surface area (Å²) in [6, 6.07) is 10.9. The van der Waals surface area contributed by atoms with Gasteiger partial charge in [-0.1, -0.05) is 18.2 Å². The lowest BCUT2D eigenvalue weighted by molar-refractivity contribution is 0.0887. The van der Waals surface area contributed by atoms with Crippen molar-refractivity contribution < 1.29 is 14.3 Å². The lowest BCUT2D eigenvalue weighted by atomic mass is 10.2. The van der Waals surface area contributed by atoms with E-state index >= 15 is 0 Å². The minimum Gasteiger partial charge on any atom is -0.495 e. The molecule has 1 aromatic carbocycles. The second kappa shape index (κ2) is 8.13. The van der Waals surface area contributed by atoms with Crippen LogP contribution < -0.4 is 10.1 Å². The molecule has 3 rings (SSSR count). The normalized spacial score (nSPS) is 15.0. The minimum atomic E-state index is -0.145. The highest BCUT2D eigenvalue weighted by atomic mass is 32.1. The van der Waals surface area contributed by atoms with Crippen LogP contribution >= 0.6 is 11.3 Å². The van der Waals surface area contributed by atoms with Crippen molar-refractivity contribution in [1.29, 1.82) is 0 Å². The van der Waals surface area contributed by atoms with Crippen LogP contribution in [0.1, 0.15) is 9.67 Å². The van der Waals surface area contributed by atoms with Gasteiger partial charge in [0.2, 0.25) is 0 Å². The maximum Gasteiger partial charge on any atom is 0.322 e. The predicted octanol–water partition coefficient (Wildman–Crippen LogP) is 2.79. The van der Waals surface area contributed by atoms with Crippen LogP contribution in [-0.2, 0) is 0 Å². The quantitative estimate of drug-likeness (QED) is 0.834. The summed E-state index contributed by atoms with van der Waals surface area (Å²) in [4.78, 5) is 29.2. The molecule has 0 radical (unpaired) electrons. The van der Waals surface area contributed by atoms with Crippen LogP contribution in [0.15, 0.2) is 41.8 Å². The van der Waals surface area contributed by atoms with Gasteiger partial charge in [-0.3, -0.25) is 9.69 Å². The second-order valence-electron chi connectivity index (χ2n) is 5.79. The van der Waals surface area contributed by atoms with E-state index in [1.54, 1.807) is 12.0 Å². The zero-order valence-electron chi connectivity index (χ0n) is 14.1. The van der Waals surface area contributed by atoms with Crippen molar-refractivity contribution in [2.45, 2.75) is 0 Å². The Morgan fingerprint density at radius 3 is 2.56 bits per heavy atom. The van der Waals surface area contributed by atoms with Crippen molar-refractivity contribution >= 4 is 28.8 Å². The van der Waals surface area contributed by atoms with Crippen LogP contribution in [0.3, 0.4) is 0 Å². The predicted molar refractivity (Wildman–Crippen MR) is 98.7 cm³/mol. The van der Waals surface area contributed by atoms with E-state index in [0.29, 0.717) is 44.2 Å². The topological polar surface area (TPSA) is 61.9 Å². The number of carbonyl (C=O) groups excluding carboxylic acids is 2. The van der Waals surface area contributed by atoms with Gasteiger partial charge in [-0.15, -0.1) is 11.3 Å². The first-order valence-electron chi connectivity index (χ1n) is 8.15. The molecule has 2 amide bonds. The van der Waals surface area contributed by atoms with Gasteiger partial charge >= 0.3 is 6.03 Å². The van der Waals surface area contributed by atoms with E-state index in [-0.39, 0.29) is 11.8 Å². The first-order valence-corrected chi connectivity index (χ1v) is 9.03. The van der Waals surface area contributed by atoms with Gasteiger partial charge in [-0.25, -0.2) is 4.79 Å². The number of Topliss-reactive ketones (excluding diaryl/α,β-unsaturated/α-hetero) is 1. The highest BCUT2D eigenvalue weighted by Gasteiger charge is 2.23. The van der Waals surface area contributed by atoms with E-state index in [0.717, 1.165) is 4.88 Å². The fraction of sp³-hybridized carbons (Fsp3) is 0.333. The van der Waals surface area contributed by atoms with E-state index in [1.165, 1.54) is 11.3 Å². The fourth-order valence-electron chi connectivity index (χ4n) is 2.77. The zero-order valence-corrected chi connectivity index (χ0v) is 14.9. The molecule has 6 nitrogen and oxygen atoms in total.